The van der Waals surface area contributed by atoms with Crippen LogP contribution in [0.25, 0.3) is 0 Å². The molecule has 0 saturated carbocycles. The van der Waals surface area contributed by atoms with Gasteiger partial charge in [-0.3, -0.25) is 9.59 Å². The molecule has 2 rings (SSSR count). The van der Waals surface area contributed by atoms with Gasteiger partial charge in [-0.25, -0.2) is 8.42 Å². The molecule has 1 atom stereocenters. The molecule has 0 bridgehead atoms. The van der Waals surface area contributed by atoms with E-state index in [9.17, 15) is 18.0 Å². The Kier molecular flexibility index (Phi) is 5.41. The highest BCUT2D eigenvalue weighted by atomic mass is 32.2. The first kappa shape index (κ1) is 17.5. The summed E-state index contributed by atoms with van der Waals surface area (Å²) in [6, 6.07) is 5.87. The average Bonchev–Trinajstić information content (AvgIpc) is 2.54. The zero-order chi connectivity index (χ0) is 17.0. The standard InChI is InChI=1S/C16H21NO5S/c1-3-22-16(19)13-5-4-10-17(11-13)15(18)12-6-8-14(9-7-12)23(2,20)21/h6-9,13H,3-5,10-11H2,1-2H3/t13-/m0/s1. The van der Waals surface area contributed by atoms with Gasteiger partial charge in [-0.15, -0.1) is 0 Å². The summed E-state index contributed by atoms with van der Waals surface area (Å²) in [6.07, 6.45) is 2.59. The number of rotatable bonds is 4. The number of ether oxygens (including phenoxy) is 1. The Morgan fingerprint density at radius 2 is 1.91 bits per heavy atom. The van der Waals surface area contributed by atoms with E-state index in [2.05, 4.69) is 0 Å². The van der Waals surface area contributed by atoms with Gasteiger partial charge in [0.1, 0.15) is 0 Å². The van der Waals surface area contributed by atoms with Crippen molar-refractivity contribution in [2.75, 3.05) is 26.0 Å². The number of esters is 1. The van der Waals surface area contributed by atoms with E-state index in [0.29, 0.717) is 25.3 Å². The van der Waals surface area contributed by atoms with Crippen LogP contribution in [0.3, 0.4) is 0 Å². The lowest BCUT2D eigenvalue weighted by Crippen LogP contribution is -2.42. The number of piperidine rings is 1. The SMILES string of the molecule is CCOC(=O)[C@H]1CCCN(C(=O)c2ccc(S(C)(=O)=O)cc2)C1. The first-order valence-corrected chi connectivity index (χ1v) is 9.48. The molecule has 7 heteroatoms. The van der Waals surface area contributed by atoms with Crippen molar-refractivity contribution in [2.24, 2.45) is 5.92 Å². The third-order valence-electron chi connectivity index (χ3n) is 3.86. The number of sulfone groups is 1. The van der Waals surface area contributed by atoms with Gasteiger partial charge in [0, 0.05) is 24.9 Å². The summed E-state index contributed by atoms with van der Waals surface area (Å²) in [6.45, 7) is 3.01. The summed E-state index contributed by atoms with van der Waals surface area (Å²) >= 11 is 0. The topological polar surface area (TPSA) is 80.8 Å². The van der Waals surface area contributed by atoms with Gasteiger partial charge in [-0.2, -0.15) is 0 Å². The van der Waals surface area contributed by atoms with Gasteiger partial charge in [0.25, 0.3) is 5.91 Å². The Morgan fingerprint density at radius 3 is 2.48 bits per heavy atom. The largest absolute Gasteiger partial charge is 0.466 e. The molecule has 0 aromatic heterocycles. The van der Waals surface area contributed by atoms with Gasteiger partial charge < -0.3 is 9.64 Å². The van der Waals surface area contributed by atoms with E-state index >= 15 is 0 Å². The summed E-state index contributed by atoms with van der Waals surface area (Å²) in [7, 11) is -3.28. The normalized spacial score (nSPS) is 18.5. The highest BCUT2D eigenvalue weighted by molar-refractivity contribution is 7.90. The minimum atomic E-state index is -3.28. The quantitative estimate of drug-likeness (QED) is 0.777. The highest BCUT2D eigenvalue weighted by Gasteiger charge is 2.29. The minimum Gasteiger partial charge on any atom is -0.466 e. The van der Waals surface area contributed by atoms with Gasteiger partial charge in [0.2, 0.25) is 0 Å². The summed E-state index contributed by atoms with van der Waals surface area (Å²) in [5, 5.41) is 0. The Balaban J connectivity index is 2.09. The maximum Gasteiger partial charge on any atom is 0.310 e. The Bertz CT molecular complexity index is 681. The van der Waals surface area contributed by atoms with Crippen LogP contribution in [0.4, 0.5) is 0 Å². The van der Waals surface area contributed by atoms with Crippen LogP contribution in [0.1, 0.15) is 30.1 Å². The zero-order valence-electron chi connectivity index (χ0n) is 13.3. The molecular formula is C16H21NO5S. The van der Waals surface area contributed by atoms with Crippen molar-refractivity contribution in [2.45, 2.75) is 24.7 Å². The molecule has 1 aromatic rings. The molecule has 0 aliphatic carbocycles. The molecule has 1 amide bonds. The molecule has 1 aliphatic heterocycles. The minimum absolute atomic E-state index is 0.178. The number of nitrogens with zero attached hydrogens (tertiary/aromatic N) is 1. The van der Waals surface area contributed by atoms with E-state index in [4.69, 9.17) is 4.74 Å². The smallest absolute Gasteiger partial charge is 0.310 e. The first-order chi connectivity index (χ1) is 10.8. The van der Waals surface area contributed by atoms with Crippen molar-refractivity contribution in [1.29, 1.82) is 0 Å². The predicted molar refractivity (Wildman–Crippen MR) is 84.8 cm³/mol. The number of hydrogen-bond acceptors (Lipinski definition) is 5. The van der Waals surface area contributed by atoms with Gasteiger partial charge in [0.05, 0.1) is 17.4 Å². The van der Waals surface area contributed by atoms with Crippen LogP contribution in [0, 0.1) is 5.92 Å². The molecule has 1 aliphatic rings. The molecule has 1 aromatic carbocycles. The molecule has 23 heavy (non-hydrogen) atoms. The summed E-state index contributed by atoms with van der Waals surface area (Å²) in [5.41, 5.74) is 0.418. The van der Waals surface area contributed by atoms with Crippen LogP contribution in [-0.2, 0) is 19.4 Å². The van der Waals surface area contributed by atoms with E-state index in [-0.39, 0.29) is 22.7 Å². The van der Waals surface area contributed by atoms with Crippen LogP contribution < -0.4 is 0 Å². The van der Waals surface area contributed by atoms with Gasteiger partial charge >= 0.3 is 5.97 Å². The van der Waals surface area contributed by atoms with E-state index in [1.165, 1.54) is 24.3 Å². The molecule has 0 radical (unpaired) electrons. The molecule has 6 nitrogen and oxygen atoms in total. The average molecular weight is 339 g/mol. The molecule has 1 saturated heterocycles. The van der Waals surface area contributed by atoms with Gasteiger partial charge in [-0.05, 0) is 44.0 Å². The lowest BCUT2D eigenvalue weighted by atomic mass is 9.97. The van der Waals surface area contributed by atoms with Crippen molar-refractivity contribution in [3.8, 4) is 0 Å². The number of carbonyl (C=O) groups is 2. The number of hydrogen-bond donors (Lipinski definition) is 0. The Hall–Kier alpha value is -1.89. The lowest BCUT2D eigenvalue weighted by molar-refractivity contribution is -0.149. The van der Waals surface area contributed by atoms with E-state index in [1.54, 1.807) is 11.8 Å². The summed E-state index contributed by atoms with van der Waals surface area (Å²) in [5.74, 6) is -0.751. The van der Waals surface area contributed by atoms with E-state index in [0.717, 1.165) is 19.1 Å². The van der Waals surface area contributed by atoms with Crippen molar-refractivity contribution in [3.05, 3.63) is 29.8 Å². The van der Waals surface area contributed by atoms with Gasteiger partial charge in [0.15, 0.2) is 9.84 Å². The number of amides is 1. The second-order valence-electron chi connectivity index (χ2n) is 5.64. The monoisotopic (exact) mass is 339 g/mol. The second kappa shape index (κ2) is 7.12. The predicted octanol–water partition coefficient (Wildman–Crippen LogP) is 1.51. The molecule has 1 heterocycles. The van der Waals surface area contributed by atoms with E-state index in [1.807, 2.05) is 0 Å². The number of carbonyl (C=O) groups excluding carboxylic acids is 2. The third kappa shape index (κ3) is 4.31. The van der Waals surface area contributed by atoms with Crippen LogP contribution in [0.15, 0.2) is 29.2 Å². The Labute approximate surface area is 136 Å². The van der Waals surface area contributed by atoms with Crippen molar-refractivity contribution < 1.29 is 22.7 Å². The number of benzene rings is 1. The van der Waals surface area contributed by atoms with Crippen molar-refractivity contribution >= 4 is 21.7 Å². The fourth-order valence-corrected chi connectivity index (χ4v) is 3.27. The summed E-state index contributed by atoms with van der Waals surface area (Å²) in [4.78, 5) is 26.1. The lowest BCUT2D eigenvalue weighted by Gasteiger charge is -2.31. The summed E-state index contributed by atoms with van der Waals surface area (Å²) < 4.78 is 27.9. The first-order valence-electron chi connectivity index (χ1n) is 7.59. The number of likely N-dealkylation sites (tertiary alicyclic amines) is 1. The zero-order valence-corrected chi connectivity index (χ0v) is 14.1. The fourth-order valence-electron chi connectivity index (χ4n) is 2.64. The molecular weight excluding hydrogens is 318 g/mol. The fraction of sp³-hybridized carbons (Fsp3) is 0.500. The second-order valence-corrected chi connectivity index (χ2v) is 7.65. The Morgan fingerprint density at radius 1 is 1.26 bits per heavy atom. The van der Waals surface area contributed by atoms with Crippen molar-refractivity contribution in [3.63, 3.8) is 0 Å². The maximum absolute atomic E-state index is 12.5. The van der Waals surface area contributed by atoms with Crippen molar-refractivity contribution in [1.82, 2.24) is 4.90 Å². The third-order valence-corrected chi connectivity index (χ3v) is 4.99. The van der Waals surface area contributed by atoms with Crippen LogP contribution >= 0.6 is 0 Å². The molecule has 0 spiro atoms. The van der Waals surface area contributed by atoms with E-state index < -0.39 is 9.84 Å². The molecule has 0 N–H and O–H groups in total. The molecule has 1 fully saturated rings. The highest BCUT2D eigenvalue weighted by Crippen LogP contribution is 2.20. The maximum atomic E-state index is 12.5. The molecule has 0 unspecified atom stereocenters. The van der Waals surface area contributed by atoms with Crippen LogP contribution in [-0.4, -0.2) is 51.1 Å². The van der Waals surface area contributed by atoms with Crippen LogP contribution in [0.2, 0.25) is 0 Å². The van der Waals surface area contributed by atoms with Gasteiger partial charge in [-0.1, -0.05) is 0 Å². The van der Waals surface area contributed by atoms with Crippen LogP contribution in [0.5, 0.6) is 0 Å². The molecule has 126 valence electrons.